The van der Waals surface area contributed by atoms with Crippen LogP contribution in [0.1, 0.15) is 24.8 Å². The highest BCUT2D eigenvalue weighted by atomic mass is 16.5. The first-order chi connectivity index (χ1) is 9.26. The van der Waals surface area contributed by atoms with Gasteiger partial charge in [0.2, 0.25) is 0 Å². The summed E-state index contributed by atoms with van der Waals surface area (Å²) in [4.78, 5) is 4.64. The SMILES string of the molecule is COc1ccccc1CC1=NC2CCC(O)CC2O1. The van der Waals surface area contributed by atoms with Gasteiger partial charge in [-0.15, -0.1) is 0 Å². The van der Waals surface area contributed by atoms with Gasteiger partial charge in [-0.25, -0.2) is 4.99 Å². The molecule has 19 heavy (non-hydrogen) atoms. The van der Waals surface area contributed by atoms with Crippen LogP contribution in [0.4, 0.5) is 0 Å². The molecular formula is C15H19NO3. The van der Waals surface area contributed by atoms with Crippen LogP contribution in [-0.2, 0) is 11.2 Å². The molecule has 1 saturated carbocycles. The zero-order valence-electron chi connectivity index (χ0n) is 11.1. The van der Waals surface area contributed by atoms with Gasteiger partial charge in [0.15, 0.2) is 5.90 Å². The second kappa shape index (κ2) is 5.21. The van der Waals surface area contributed by atoms with Gasteiger partial charge in [0.25, 0.3) is 0 Å². The largest absolute Gasteiger partial charge is 0.496 e. The van der Waals surface area contributed by atoms with E-state index < -0.39 is 0 Å². The summed E-state index contributed by atoms with van der Waals surface area (Å²) < 4.78 is 11.2. The van der Waals surface area contributed by atoms with Gasteiger partial charge in [-0.2, -0.15) is 0 Å². The fourth-order valence-corrected chi connectivity index (χ4v) is 2.86. The van der Waals surface area contributed by atoms with Crippen LogP contribution < -0.4 is 4.74 Å². The Morgan fingerprint density at radius 1 is 1.37 bits per heavy atom. The lowest BCUT2D eigenvalue weighted by atomic mass is 9.91. The number of para-hydroxylation sites is 1. The number of hydrogen-bond donors (Lipinski definition) is 1. The summed E-state index contributed by atoms with van der Waals surface area (Å²) in [5.74, 6) is 1.64. The van der Waals surface area contributed by atoms with E-state index in [2.05, 4.69) is 4.99 Å². The molecule has 3 atom stereocenters. The van der Waals surface area contributed by atoms with Crippen molar-refractivity contribution in [1.29, 1.82) is 0 Å². The van der Waals surface area contributed by atoms with E-state index in [1.165, 1.54) is 0 Å². The van der Waals surface area contributed by atoms with Gasteiger partial charge in [-0.3, -0.25) is 0 Å². The minimum absolute atomic E-state index is 0.0634. The lowest BCUT2D eigenvalue weighted by Gasteiger charge is -2.26. The lowest BCUT2D eigenvalue weighted by Crippen LogP contribution is -2.33. The highest BCUT2D eigenvalue weighted by Crippen LogP contribution is 2.30. The molecule has 0 aromatic heterocycles. The van der Waals surface area contributed by atoms with Gasteiger partial charge >= 0.3 is 0 Å². The number of hydrogen-bond acceptors (Lipinski definition) is 4. The summed E-state index contributed by atoms with van der Waals surface area (Å²) in [7, 11) is 1.67. The molecule has 1 heterocycles. The first-order valence-electron chi connectivity index (χ1n) is 6.79. The normalized spacial score (nSPS) is 29.4. The van der Waals surface area contributed by atoms with Crippen molar-refractivity contribution in [2.24, 2.45) is 4.99 Å². The molecule has 0 spiro atoms. The predicted octanol–water partition coefficient (Wildman–Crippen LogP) is 1.95. The number of aliphatic imine (C=N–C) groups is 1. The fourth-order valence-electron chi connectivity index (χ4n) is 2.86. The summed E-state index contributed by atoms with van der Waals surface area (Å²) in [5.41, 5.74) is 1.09. The second-order valence-corrected chi connectivity index (χ2v) is 5.20. The second-order valence-electron chi connectivity index (χ2n) is 5.20. The van der Waals surface area contributed by atoms with Crippen molar-refractivity contribution < 1.29 is 14.6 Å². The minimum Gasteiger partial charge on any atom is -0.496 e. The third kappa shape index (κ3) is 2.59. The third-order valence-electron chi connectivity index (χ3n) is 3.86. The number of fused-ring (bicyclic) bond motifs is 1. The van der Waals surface area contributed by atoms with Crippen LogP contribution in [0.5, 0.6) is 5.75 Å². The van der Waals surface area contributed by atoms with Crippen molar-refractivity contribution in [3.05, 3.63) is 29.8 Å². The fraction of sp³-hybridized carbons (Fsp3) is 0.533. The van der Waals surface area contributed by atoms with Crippen molar-refractivity contribution >= 4 is 5.90 Å². The van der Waals surface area contributed by atoms with Crippen molar-refractivity contribution in [3.8, 4) is 5.75 Å². The first kappa shape index (κ1) is 12.5. The molecule has 0 bridgehead atoms. The van der Waals surface area contributed by atoms with Crippen molar-refractivity contribution in [2.45, 2.75) is 43.9 Å². The molecule has 3 unspecified atom stereocenters. The quantitative estimate of drug-likeness (QED) is 0.904. The molecule has 1 aromatic carbocycles. The van der Waals surface area contributed by atoms with E-state index in [4.69, 9.17) is 9.47 Å². The van der Waals surface area contributed by atoms with E-state index in [0.717, 1.165) is 30.1 Å². The molecule has 1 aliphatic heterocycles. The topological polar surface area (TPSA) is 51.0 Å². The Kier molecular flexibility index (Phi) is 3.42. The van der Waals surface area contributed by atoms with E-state index in [0.29, 0.717) is 12.8 Å². The van der Waals surface area contributed by atoms with Gasteiger partial charge < -0.3 is 14.6 Å². The smallest absolute Gasteiger partial charge is 0.188 e. The molecule has 0 amide bonds. The standard InChI is InChI=1S/C15H19NO3/c1-18-13-5-3-2-4-10(13)8-15-16-12-7-6-11(17)9-14(12)19-15/h2-5,11-12,14,17H,6-9H2,1H3. The predicted molar refractivity (Wildman–Crippen MR) is 72.7 cm³/mol. The van der Waals surface area contributed by atoms with Gasteiger partial charge in [0.1, 0.15) is 11.9 Å². The molecule has 1 fully saturated rings. The summed E-state index contributed by atoms with van der Waals surface area (Å²) in [6, 6.07) is 8.15. The molecule has 1 N–H and O–H groups in total. The maximum Gasteiger partial charge on any atom is 0.188 e. The monoisotopic (exact) mass is 261 g/mol. The highest BCUT2D eigenvalue weighted by Gasteiger charge is 2.36. The molecule has 3 rings (SSSR count). The minimum atomic E-state index is -0.234. The van der Waals surface area contributed by atoms with E-state index in [-0.39, 0.29) is 18.2 Å². The molecule has 4 nitrogen and oxygen atoms in total. The number of nitrogens with zero attached hydrogens (tertiary/aromatic N) is 1. The number of benzene rings is 1. The van der Waals surface area contributed by atoms with Crippen LogP contribution in [0.2, 0.25) is 0 Å². The van der Waals surface area contributed by atoms with Gasteiger partial charge in [0.05, 0.1) is 25.7 Å². The summed E-state index contributed by atoms with van der Waals surface area (Å²) in [6.07, 6.45) is 2.93. The number of ether oxygens (including phenoxy) is 2. The Bertz CT molecular complexity index is 486. The number of rotatable bonds is 3. The molecular weight excluding hydrogens is 242 g/mol. The molecule has 1 aromatic rings. The third-order valence-corrected chi connectivity index (χ3v) is 3.86. The zero-order chi connectivity index (χ0) is 13.2. The van der Waals surface area contributed by atoms with Crippen molar-refractivity contribution in [2.75, 3.05) is 7.11 Å². The summed E-state index contributed by atoms with van der Waals surface area (Å²) >= 11 is 0. The number of aliphatic hydroxyl groups excluding tert-OH is 1. The van der Waals surface area contributed by atoms with Gasteiger partial charge in [-0.1, -0.05) is 18.2 Å². The molecule has 0 radical (unpaired) electrons. The van der Waals surface area contributed by atoms with Gasteiger partial charge in [0, 0.05) is 12.0 Å². The van der Waals surface area contributed by atoms with Crippen LogP contribution in [0.25, 0.3) is 0 Å². The first-order valence-corrected chi connectivity index (χ1v) is 6.79. The van der Waals surface area contributed by atoms with E-state index in [9.17, 15) is 5.11 Å². The number of aliphatic hydroxyl groups is 1. The van der Waals surface area contributed by atoms with Crippen LogP contribution in [0, 0.1) is 0 Å². The molecule has 1 aliphatic carbocycles. The van der Waals surface area contributed by atoms with Crippen LogP contribution in [0.3, 0.4) is 0 Å². The zero-order valence-corrected chi connectivity index (χ0v) is 11.1. The van der Waals surface area contributed by atoms with Crippen molar-refractivity contribution in [3.63, 3.8) is 0 Å². The van der Waals surface area contributed by atoms with E-state index in [1.54, 1.807) is 7.11 Å². The lowest BCUT2D eigenvalue weighted by molar-refractivity contribution is 0.0497. The van der Waals surface area contributed by atoms with Gasteiger partial charge in [-0.05, 0) is 18.9 Å². The van der Waals surface area contributed by atoms with E-state index >= 15 is 0 Å². The molecule has 102 valence electrons. The maximum absolute atomic E-state index is 9.66. The highest BCUT2D eigenvalue weighted by molar-refractivity contribution is 5.81. The molecule has 2 aliphatic rings. The average Bonchev–Trinajstić information content (AvgIpc) is 2.80. The van der Waals surface area contributed by atoms with Crippen molar-refractivity contribution in [1.82, 2.24) is 0 Å². The maximum atomic E-state index is 9.66. The Balaban J connectivity index is 1.71. The Morgan fingerprint density at radius 2 is 2.21 bits per heavy atom. The molecule has 4 heteroatoms. The Hall–Kier alpha value is -1.55. The average molecular weight is 261 g/mol. The van der Waals surface area contributed by atoms with E-state index in [1.807, 2.05) is 24.3 Å². The van der Waals surface area contributed by atoms with Crippen LogP contribution >= 0.6 is 0 Å². The Labute approximate surface area is 113 Å². The molecule has 0 saturated heterocycles. The summed E-state index contributed by atoms with van der Waals surface area (Å²) in [5, 5.41) is 9.66. The van der Waals surface area contributed by atoms with Crippen LogP contribution in [0.15, 0.2) is 29.3 Å². The Morgan fingerprint density at radius 3 is 3.05 bits per heavy atom. The van der Waals surface area contributed by atoms with Crippen LogP contribution in [-0.4, -0.2) is 36.4 Å². The number of methoxy groups -OCH3 is 1. The summed E-state index contributed by atoms with van der Waals surface area (Å²) in [6.45, 7) is 0.